The fourth-order valence-electron chi connectivity index (χ4n) is 0.534. The zero-order valence-corrected chi connectivity index (χ0v) is 9.26. The SMILES string of the molecule is CCCOC(C)=O.CCCOCC. The summed E-state index contributed by atoms with van der Waals surface area (Å²) in [6.07, 6.45) is 2.04. The van der Waals surface area contributed by atoms with E-state index in [0.717, 1.165) is 26.1 Å². The molecule has 0 aliphatic carbocycles. The highest BCUT2D eigenvalue weighted by Gasteiger charge is 1.85. The molecule has 0 unspecified atom stereocenters. The first-order valence-electron chi connectivity index (χ1n) is 4.90. The van der Waals surface area contributed by atoms with E-state index in [-0.39, 0.29) is 5.97 Å². The molecule has 3 nitrogen and oxygen atoms in total. The summed E-state index contributed by atoms with van der Waals surface area (Å²) in [7, 11) is 0. The lowest BCUT2D eigenvalue weighted by Gasteiger charge is -1.93. The van der Waals surface area contributed by atoms with E-state index in [0.29, 0.717) is 6.61 Å². The minimum atomic E-state index is -0.193. The Morgan fingerprint density at radius 1 is 1.08 bits per heavy atom. The lowest BCUT2D eigenvalue weighted by atomic mass is 10.5. The first-order valence-corrected chi connectivity index (χ1v) is 4.90. The third kappa shape index (κ3) is 24.6. The van der Waals surface area contributed by atoms with Crippen LogP contribution in [0.4, 0.5) is 0 Å². The molecule has 0 amide bonds. The van der Waals surface area contributed by atoms with Gasteiger partial charge in [-0.3, -0.25) is 4.79 Å². The summed E-state index contributed by atoms with van der Waals surface area (Å²) in [5, 5.41) is 0. The molecular weight excluding hydrogens is 168 g/mol. The Bertz CT molecular complexity index is 98.3. The van der Waals surface area contributed by atoms with Gasteiger partial charge >= 0.3 is 5.97 Å². The average Bonchev–Trinajstić information content (AvgIpc) is 2.12. The molecule has 13 heavy (non-hydrogen) atoms. The summed E-state index contributed by atoms with van der Waals surface area (Å²) in [4.78, 5) is 9.98. The molecule has 80 valence electrons. The average molecular weight is 190 g/mol. The molecule has 3 heteroatoms. The van der Waals surface area contributed by atoms with Crippen molar-refractivity contribution in [2.75, 3.05) is 19.8 Å². The van der Waals surface area contributed by atoms with Crippen molar-refractivity contribution in [1.82, 2.24) is 0 Å². The molecule has 0 N–H and O–H groups in total. The first-order chi connectivity index (χ1) is 6.18. The molecule has 0 spiro atoms. The summed E-state index contributed by atoms with van der Waals surface area (Å²) in [5.74, 6) is -0.193. The monoisotopic (exact) mass is 190 g/mol. The van der Waals surface area contributed by atoms with Crippen molar-refractivity contribution in [1.29, 1.82) is 0 Å². The fourth-order valence-corrected chi connectivity index (χ4v) is 0.534. The van der Waals surface area contributed by atoms with Crippen LogP contribution < -0.4 is 0 Å². The summed E-state index contributed by atoms with van der Waals surface area (Å²) in [5.41, 5.74) is 0. The van der Waals surface area contributed by atoms with E-state index in [1.165, 1.54) is 6.92 Å². The summed E-state index contributed by atoms with van der Waals surface area (Å²) >= 11 is 0. The predicted molar refractivity (Wildman–Crippen MR) is 53.7 cm³/mol. The normalized spacial score (nSPS) is 8.62. The standard InChI is InChI=1S/C5H10O2.C5H12O/c1-3-4-7-5(2)6;1-3-5-6-4-2/h3-4H2,1-2H3;3-5H2,1-2H3. The Balaban J connectivity index is 0. The second-order valence-electron chi connectivity index (χ2n) is 2.54. The van der Waals surface area contributed by atoms with Crippen LogP contribution in [-0.2, 0) is 14.3 Å². The van der Waals surface area contributed by atoms with Crippen LogP contribution in [-0.4, -0.2) is 25.8 Å². The van der Waals surface area contributed by atoms with Gasteiger partial charge < -0.3 is 9.47 Å². The third-order valence-corrected chi connectivity index (χ3v) is 1.06. The highest BCUT2D eigenvalue weighted by Crippen LogP contribution is 1.78. The van der Waals surface area contributed by atoms with E-state index in [1.807, 2.05) is 13.8 Å². The van der Waals surface area contributed by atoms with Gasteiger partial charge in [-0.15, -0.1) is 0 Å². The summed E-state index contributed by atoms with van der Waals surface area (Å²) in [6, 6.07) is 0. The lowest BCUT2D eigenvalue weighted by molar-refractivity contribution is -0.140. The molecule has 0 aliphatic heterocycles. The molecule has 0 saturated heterocycles. The highest BCUT2D eigenvalue weighted by atomic mass is 16.5. The van der Waals surface area contributed by atoms with E-state index in [1.54, 1.807) is 0 Å². The van der Waals surface area contributed by atoms with Crippen LogP contribution in [0.15, 0.2) is 0 Å². The van der Waals surface area contributed by atoms with Gasteiger partial charge in [0.15, 0.2) is 0 Å². The van der Waals surface area contributed by atoms with Gasteiger partial charge in [0, 0.05) is 20.1 Å². The number of carbonyl (C=O) groups is 1. The Morgan fingerprint density at radius 3 is 1.77 bits per heavy atom. The Labute approximate surface area is 81.4 Å². The molecule has 0 heterocycles. The second-order valence-corrected chi connectivity index (χ2v) is 2.54. The van der Waals surface area contributed by atoms with Gasteiger partial charge in [0.05, 0.1) is 6.61 Å². The largest absolute Gasteiger partial charge is 0.466 e. The number of rotatable bonds is 5. The van der Waals surface area contributed by atoms with Gasteiger partial charge in [0.2, 0.25) is 0 Å². The maximum atomic E-state index is 9.98. The van der Waals surface area contributed by atoms with Gasteiger partial charge in [0.25, 0.3) is 0 Å². The van der Waals surface area contributed by atoms with Gasteiger partial charge in [-0.1, -0.05) is 13.8 Å². The van der Waals surface area contributed by atoms with Gasteiger partial charge in [-0.2, -0.15) is 0 Å². The van der Waals surface area contributed by atoms with E-state index in [2.05, 4.69) is 11.7 Å². The third-order valence-electron chi connectivity index (χ3n) is 1.06. The first kappa shape index (κ1) is 14.9. The predicted octanol–water partition coefficient (Wildman–Crippen LogP) is 2.39. The molecule has 0 aromatic carbocycles. The maximum absolute atomic E-state index is 9.98. The Kier molecular flexibility index (Phi) is 16.1. The fraction of sp³-hybridized carbons (Fsp3) is 0.900. The van der Waals surface area contributed by atoms with E-state index in [4.69, 9.17) is 4.74 Å². The van der Waals surface area contributed by atoms with Crippen molar-refractivity contribution in [3.63, 3.8) is 0 Å². The Hall–Kier alpha value is -0.570. The zero-order chi connectivity index (χ0) is 10.5. The number of hydrogen-bond donors (Lipinski definition) is 0. The number of ether oxygens (including phenoxy) is 2. The van der Waals surface area contributed by atoms with Crippen molar-refractivity contribution in [2.24, 2.45) is 0 Å². The van der Waals surface area contributed by atoms with Crippen molar-refractivity contribution < 1.29 is 14.3 Å². The maximum Gasteiger partial charge on any atom is 0.302 e. The second kappa shape index (κ2) is 14.0. The number of esters is 1. The zero-order valence-electron chi connectivity index (χ0n) is 9.26. The minimum absolute atomic E-state index is 0.193. The van der Waals surface area contributed by atoms with Crippen LogP contribution in [0.3, 0.4) is 0 Å². The van der Waals surface area contributed by atoms with E-state index >= 15 is 0 Å². The van der Waals surface area contributed by atoms with Crippen LogP contribution in [0.2, 0.25) is 0 Å². The molecule has 0 fully saturated rings. The molecule has 0 aromatic heterocycles. The smallest absolute Gasteiger partial charge is 0.302 e. The van der Waals surface area contributed by atoms with Crippen molar-refractivity contribution in [2.45, 2.75) is 40.5 Å². The molecular formula is C10H22O3. The van der Waals surface area contributed by atoms with Crippen molar-refractivity contribution >= 4 is 5.97 Å². The summed E-state index contributed by atoms with van der Waals surface area (Å²) in [6.45, 7) is 9.81. The van der Waals surface area contributed by atoms with Crippen molar-refractivity contribution in [3.05, 3.63) is 0 Å². The molecule has 0 radical (unpaired) electrons. The lowest BCUT2D eigenvalue weighted by Crippen LogP contribution is -1.98. The molecule has 0 atom stereocenters. The van der Waals surface area contributed by atoms with Gasteiger partial charge in [-0.05, 0) is 19.8 Å². The quantitative estimate of drug-likeness (QED) is 0.493. The molecule has 0 aromatic rings. The van der Waals surface area contributed by atoms with Crippen molar-refractivity contribution in [3.8, 4) is 0 Å². The molecule has 0 rings (SSSR count). The van der Waals surface area contributed by atoms with Crippen LogP contribution >= 0.6 is 0 Å². The number of carbonyl (C=O) groups excluding carboxylic acids is 1. The highest BCUT2D eigenvalue weighted by molar-refractivity contribution is 5.65. The van der Waals surface area contributed by atoms with Gasteiger partial charge in [0.1, 0.15) is 0 Å². The van der Waals surface area contributed by atoms with Gasteiger partial charge in [-0.25, -0.2) is 0 Å². The molecule has 0 saturated carbocycles. The number of hydrogen-bond acceptors (Lipinski definition) is 3. The van der Waals surface area contributed by atoms with E-state index < -0.39 is 0 Å². The van der Waals surface area contributed by atoms with Crippen LogP contribution in [0.25, 0.3) is 0 Å². The minimum Gasteiger partial charge on any atom is -0.466 e. The van der Waals surface area contributed by atoms with Crippen LogP contribution in [0.1, 0.15) is 40.5 Å². The molecule has 0 bridgehead atoms. The van der Waals surface area contributed by atoms with E-state index in [9.17, 15) is 4.79 Å². The summed E-state index contributed by atoms with van der Waals surface area (Å²) < 4.78 is 9.53. The van der Waals surface area contributed by atoms with Crippen LogP contribution in [0.5, 0.6) is 0 Å². The molecule has 0 aliphatic rings. The van der Waals surface area contributed by atoms with Crippen LogP contribution in [0, 0.1) is 0 Å². The Morgan fingerprint density at radius 2 is 1.62 bits per heavy atom. The topological polar surface area (TPSA) is 35.5 Å².